The van der Waals surface area contributed by atoms with Crippen molar-refractivity contribution in [3.8, 4) is 0 Å². The average Bonchev–Trinajstić information content (AvgIpc) is 2.44. The van der Waals surface area contributed by atoms with E-state index in [0.717, 1.165) is 6.07 Å². The van der Waals surface area contributed by atoms with E-state index in [1.165, 1.54) is 6.92 Å². The van der Waals surface area contributed by atoms with E-state index < -0.39 is 53.4 Å². The Balaban J connectivity index is 3.11. The van der Waals surface area contributed by atoms with Gasteiger partial charge < -0.3 is 20.1 Å². The van der Waals surface area contributed by atoms with Gasteiger partial charge in [0.2, 0.25) is 0 Å². The molecule has 1 rings (SSSR count). The summed E-state index contributed by atoms with van der Waals surface area (Å²) >= 11 is 0. The number of hydrogen-bond donors (Lipinski definition) is 3. The first-order valence-electron chi connectivity index (χ1n) is 6.54. The molecule has 0 aliphatic heterocycles. The summed E-state index contributed by atoms with van der Waals surface area (Å²) in [6.07, 6.45) is -8.96. The maximum Gasteiger partial charge on any atom is 0.416 e. The van der Waals surface area contributed by atoms with E-state index in [1.54, 1.807) is 0 Å². The van der Waals surface area contributed by atoms with Crippen LogP contribution in [0.15, 0.2) is 18.2 Å². The van der Waals surface area contributed by atoms with Crippen LogP contribution in [0.25, 0.3) is 0 Å². The smallest absolute Gasteiger partial charge is 0.416 e. The van der Waals surface area contributed by atoms with Crippen LogP contribution in [0.4, 0.5) is 13.2 Å². The highest BCUT2D eigenvalue weighted by molar-refractivity contribution is 5.90. The minimum Gasteiger partial charge on any atom is -0.478 e. The van der Waals surface area contributed by atoms with Gasteiger partial charge in [-0.3, -0.25) is 4.79 Å². The SMILES string of the molecule is CCOC(=O)CC(O)C(O)c1ccc(C(F)(F)F)cc1C(=O)O. The van der Waals surface area contributed by atoms with Crippen LogP contribution in [-0.2, 0) is 15.7 Å². The topological polar surface area (TPSA) is 104 Å². The van der Waals surface area contributed by atoms with Gasteiger partial charge in [0.05, 0.1) is 30.3 Å². The third-order valence-electron chi connectivity index (χ3n) is 2.98. The van der Waals surface area contributed by atoms with E-state index in [1.807, 2.05) is 0 Å². The van der Waals surface area contributed by atoms with E-state index >= 15 is 0 Å². The summed E-state index contributed by atoms with van der Waals surface area (Å²) in [6, 6.07) is 1.70. The van der Waals surface area contributed by atoms with Crippen molar-refractivity contribution in [2.45, 2.75) is 31.7 Å². The van der Waals surface area contributed by atoms with Crippen LogP contribution in [0.1, 0.15) is 40.9 Å². The molecule has 128 valence electrons. The standard InChI is InChI=1S/C14H15F3O6/c1-2-23-11(19)6-10(18)12(20)8-4-3-7(14(15,16)17)5-9(8)13(21)22/h3-5,10,12,18,20H,2,6H2,1H3,(H,21,22). The van der Waals surface area contributed by atoms with Crippen molar-refractivity contribution in [2.24, 2.45) is 0 Å². The molecule has 0 aliphatic carbocycles. The van der Waals surface area contributed by atoms with E-state index in [-0.39, 0.29) is 6.61 Å². The highest BCUT2D eigenvalue weighted by atomic mass is 19.4. The third-order valence-corrected chi connectivity index (χ3v) is 2.98. The Morgan fingerprint density at radius 3 is 2.35 bits per heavy atom. The van der Waals surface area contributed by atoms with Gasteiger partial charge in [0.1, 0.15) is 6.10 Å². The molecule has 6 nitrogen and oxygen atoms in total. The predicted octanol–water partition coefficient (Wildman–Crippen LogP) is 1.75. The van der Waals surface area contributed by atoms with Crippen molar-refractivity contribution in [3.05, 3.63) is 34.9 Å². The molecular formula is C14H15F3O6. The molecular weight excluding hydrogens is 321 g/mol. The number of esters is 1. The van der Waals surface area contributed by atoms with Crippen LogP contribution in [0.2, 0.25) is 0 Å². The summed E-state index contributed by atoms with van der Waals surface area (Å²) in [6.45, 7) is 1.57. The molecule has 23 heavy (non-hydrogen) atoms. The number of benzene rings is 1. The average molecular weight is 336 g/mol. The summed E-state index contributed by atoms with van der Waals surface area (Å²) in [5, 5.41) is 28.7. The number of ether oxygens (including phenoxy) is 1. The summed E-state index contributed by atoms with van der Waals surface area (Å²) in [7, 11) is 0. The molecule has 0 saturated carbocycles. The molecule has 0 heterocycles. The number of carboxylic acids is 1. The largest absolute Gasteiger partial charge is 0.478 e. The monoisotopic (exact) mass is 336 g/mol. The lowest BCUT2D eigenvalue weighted by atomic mass is 9.95. The fraction of sp³-hybridized carbons (Fsp3) is 0.429. The van der Waals surface area contributed by atoms with E-state index in [9.17, 15) is 33.0 Å². The molecule has 1 aromatic rings. The highest BCUT2D eigenvalue weighted by Gasteiger charge is 2.33. The molecule has 0 aromatic heterocycles. The van der Waals surface area contributed by atoms with E-state index in [0.29, 0.717) is 12.1 Å². The van der Waals surface area contributed by atoms with Crippen LogP contribution in [0.5, 0.6) is 0 Å². The van der Waals surface area contributed by atoms with Crippen molar-refractivity contribution in [1.29, 1.82) is 0 Å². The number of halogens is 3. The van der Waals surface area contributed by atoms with Gasteiger partial charge in [-0.25, -0.2) is 4.79 Å². The van der Waals surface area contributed by atoms with Gasteiger partial charge in [0.15, 0.2) is 0 Å². The lowest BCUT2D eigenvalue weighted by Crippen LogP contribution is -2.25. The van der Waals surface area contributed by atoms with Crippen LogP contribution < -0.4 is 0 Å². The zero-order chi connectivity index (χ0) is 17.8. The molecule has 1 aromatic carbocycles. The van der Waals surface area contributed by atoms with Crippen LogP contribution >= 0.6 is 0 Å². The van der Waals surface area contributed by atoms with Crippen molar-refractivity contribution < 1.29 is 42.8 Å². The number of rotatable bonds is 6. The Morgan fingerprint density at radius 2 is 1.87 bits per heavy atom. The maximum atomic E-state index is 12.6. The first-order chi connectivity index (χ1) is 10.6. The van der Waals surface area contributed by atoms with Gasteiger partial charge in [-0.15, -0.1) is 0 Å². The van der Waals surface area contributed by atoms with Gasteiger partial charge in [-0.1, -0.05) is 6.07 Å². The van der Waals surface area contributed by atoms with Crippen molar-refractivity contribution >= 4 is 11.9 Å². The number of aliphatic hydroxyl groups excluding tert-OH is 2. The summed E-state index contributed by atoms with van der Waals surface area (Å²) in [4.78, 5) is 22.3. The first kappa shape index (κ1) is 18.9. The highest BCUT2D eigenvalue weighted by Crippen LogP contribution is 2.32. The molecule has 9 heteroatoms. The number of aromatic carboxylic acids is 1. The maximum absolute atomic E-state index is 12.6. The normalized spacial score (nSPS) is 14.2. The van der Waals surface area contributed by atoms with Crippen LogP contribution in [0.3, 0.4) is 0 Å². The van der Waals surface area contributed by atoms with Gasteiger partial charge in [0.25, 0.3) is 0 Å². The fourth-order valence-corrected chi connectivity index (χ4v) is 1.89. The Kier molecular flexibility index (Phi) is 6.11. The second-order valence-corrected chi connectivity index (χ2v) is 4.63. The Bertz CT molecular complexity index is 584. The van der Waals surface area contributed by atoms with Gasteiger partial charge in [-0.2, -0.15) is 13.2 Å². The molecule has 0 spiro atoms. The molecule has 0 radical (unpaired) electrons. The lowest BCUT2D eigenvalue weighted by Gasteiger charge is -2.20. The third kappa shape index (κ3) is 4.93. The van der Waals surface area contributed by atoms with Crippen LogP contribution in [-0.4, -0.2) is 40.0 Å². The molecule has 0 saturated heterocycles. The fourth-order valence-electron chi connectivity index (χ4n) is 1.89. The second kappa shape index (κ2) is 7.42. The minimum absolute atomic E-state index is 0.0440. The van der Waals surface area contributed by atoms with Crippen LogP contribution in [0, 0.1) is 0 Å². The predicted molar refractivity (Wildman–Crippen MR) is 70.6 cm³/mol. The molecule has 0 bridgehead atoms. The first-order valence-corrected chi connectivity index (χ1v) is 6.54. The molecule has 3 N–H and O–H groups in total. The van der Waals surface area contributed by atoms with E-state index in [2.05, 4.69) is 4.74 Å². The quantitative estimate of drug-likeness (QED) is 0.684. The van der Waals surface area contributed by atoms with Gasteiger partial charge in [0, 0.05) is 0 Å². The number of carbonyl (C=O) groups is 2. The van der Waals surface area contributed by atoms with Crippen molar-refractivity contribution in [2.75, 3.05) is 6.61 Å². The summed E-state index contributed by atoms with van der Waals surface area (Å²) in [5.41, 5.74) is -2.44. The zero-order valence-corrected chi connectivity index (χ0v) is 12.0. The Hall–Kier alpha value is -2.13. The van der Waals surface area contributed by atoms with Gasteiger partial charge in [-0.05, 0) is 24.6 Å². The second-order valence-electron chi connectivity index (χ2n) is 4.63. The van der Waals surface area contributed by atoms with Crippen molar-refractivity contribution in [3.63, 3.8) is 0 Å². The number of hydrogen-bond acceptors (Lipinski definition) is 5. The van der Waals surface area contributed by atoms with E-state index in [4.69, 9.17) is 5.11 Å². The summed E-state index contributed by atoms with van der Waals surface area (Å²) < 4.78 is 42.4. The number of carbonyl (C=O) groups excluding carboxylic acids is 1. The van der Waals surface area contributed by atoms with Crippen molar-refractivity contribution in [1.82, 2.24) is 0 Å². The molecule has 0 amide bonds. The number of aliphatic hydroxyl groups is 2. The minimum atomic E-state index is -4.75. The number of carboxylic acid groups (broad SMARTS) is 1. The van der Waals surface area contributed by atoms with Gasteiger partial charge >= 0.3 is 18.1 Å². The molecule has 0 aliphatic rings. The molecule has 2 unspecified atom stereocenters. The Morgan fingerprint density at radius 1 is 1.26 bits per heavy atom. The zero-order valence-electron chi connectivity index (χ0n) is 12.0. The number of alkyl halides is 3. The molecule has 2 atom stereocenters. The molecule has 0 fully saturated rings. The lowest BCUT2D eigenvalue weighted by molar-refractivity contribution is -0.147. The summed E-state index contributed by atoms with van der Waals surface area (Å²) in [5.74, 6) is -2.53. The Labute approximate surface area is 129 Å².